The molecular weight excluding hydrogens is 266 g/mol. The molecule has 4 heteroatoms. The summed E-state index contributed by atoms with van der Waals surface area (Å²) in [5, 5.41) is 1.06. The van der Waals surface area contributed by atoms with Gasteiger partial charge in [-0.15, -0.1) is 0 Å². The van der Waals surface area contributed by atoms with Crippen LogP contribution in [0.4, 0.5) is 0 Å². The fourth-order valence-electron chi connectivity index (χ4n) is 2.96. The molecule has 104 valence electrons. The zero-order valence-corrected chi connectivity index (χ0v) is 11.7. The first kappa shape index (κ1) is 12.0. The van der Waals surface area contributed by atoms with Crippen LogP contribution in [0.5, 0.6) is 11.5 Å². The van der Waals surface area contributed by atoms with Crippen molar-refractivity contribution in [3.05, 3.63) is 48.0 Å². The van der Waals surface area contributed by atoms with Gasteiger partial charge in [-0.05, 0) is 24.3 Å². The van der Waals surface area contributed by atoms with Gasteiger partial charge in [0, 0.05) is 10.9 Å². The van der Waals surface area contributed by atoms with Gasteiger partial charge in [0.05, 0.1) is 31.0 Å². The fourth-order valence-corrected chi connectivity index (χ4v) is 2.96. The second-order valence-electron chi connectivity index (χ2n) is 4.98. The summed E-state index contributed by atoms with van der Waals surface area (Å²) < 4.78 is 12.4. The van der Waals surface area contributed by atoms with Crippen LogP contribution in [0, 0.1) is 0 Å². The first-order valence-electron chi connectivity index (χ1n) is 6.66. The van der Waals surface area contributed by atoms with Crippen molar-refractivity contribution in [2.45, 2.75) is 0 Å². The number of nitrogens with zero attached hydrogens (tertiary/aromatic N) is 1. The van der Waals surface area contributed by atoms with Gasteiger partial charge in [-0.3, -0.25) is 9.36 Å². The van der Waals surface area contributed by atoms with Crippen LogP contribution in [-0.4, -0.2) is 24.7 Å². The van der Waals surface area contributed by atoms with E-state index in [4.69, 9.17) is 9.47 Å². The Hall–Kier alpha value is -2.75. The number of hydrogen-bond acceptors (Lipinski definition) is 3. The molecule has 0 saturated heterocycles. The van der Waals surface area contributed by atoms with E-state index >= 15 is 0 Å². The number of benzene rings is 2. The predicted octanol–water partition coefficient (Wildman–Crippen LogP) is 3.33. The van der Waals surface area contributed by atoms with Crippen molar-refractivity contribution in [3.63, 3.8) is 0 Å². The number of carbonyl (C=O) groups excluding carboxylic acids is 1. The molecule has 21 heavy (non-hydrogen) atoms. The summed E-state index contributed by atoms with van der Waals surface area (Å²) in [6.07, 6.45) is 0. The number of hydrogen-bond donors (Lipinski definition) is 0. The zero-order valence-electron chi connectivity index (χ0n) is 11.7. The largest absolute Gasteiger partial charge is 0.493 e. The normalized spacial score (nSPS) is 12.4. The molecule has 4 nitrogen and oxygen atoms in total. The van der Waals surface area contributed by atoms with Crippen LogP contribution in [0.1, 0.15) is 10.4 Å². The van der Waals surface area contributed by atoms with Crippen molar-refractivity contribution in [1.29, 1.82) is 0 Å². The Morgan fingerprint density at radius 2 is 1.57 bits per heavy atom. The van der Waals surface area contributed by atoms with Crippen LogP contribution in [0.25, 0.3) is 22.2 Å². The van der Waals surface area contributed by atoms with E-state index in [-0.39, 0.29) is 5.91 Å². The van der Waals surface area contributed by atoms with E-state index in [1.165, 1.54) is 0 Å². The van der Waals surface area contributed by atoms with Gasteiger partial charge >= 0.3 is 0 Å². The molecule has 1 aliphatic rings. The summed E-state index contributed by atoms with van der Waals surface area (Å²) in [6, 6.07) is 13.5. The SMILES string of the molecule is COc1cc2c(cc1OC)-c1cc3ccccc3n1C2=O. The van der Waals surface area contributed by atoms with E-state index < -0.39 is 0 Å². The smallest absolute Gasteiger partial charge is 0.263 e. The van der Waals surface area contributed by atoms with Gasteiger partial charge in [0.2, 0.25) is 0 Å². The summed E-state index contributed by atoms with van der Waals surface area (Å²) in [6.45, 7) is 0. The van der Waals surface area contributed by atoms with Gasteiger partial charge in [-0.2, -0.15) is 0 Å². The molecule has 0 saturated carbocycles. The standard InChI is InChI=1S/C17H13NO3/c1-20-15-8-11-12(9-16(15)21-2)17(19)18-13-6-4-3-5-10(13)7-14(11)18/h3-9H,1-2H3. The molecular formula is C17H13NO3. The van der Waals surface area contributed by atoms with E-state index in [0.29, 0.717) is 17.1 Å². The Bertz CT molecular complexity index is 892. The van der Waals surface area contributed by atoms with Crippen LogP contribution in [0.15, 0.2) is 42.5 Å². The maximum Gasteiger partial charge on any atom is 0.263 e. The lowest BCUT2D eigenvalue weighted by atomic mass is 10.1. The van der Waals surface area contributed by atoms with E-state index in [9.17, 15) is 4.79 Å². The maximum atomic E-state index is 12.7. The fraction of sp³-hybridized carbons (Fsp3) is 0.118. The highest BCUT2D eigenvalue weighted by Gasteiger charge is 2.30. The van der Waals surface area contributed by atoms with E-state index in [2.05, 4.69) is 0 Å². The molecule has 1 aliphatic heterocycles. The third-order valence-electron chi connectivity index (χ3n) is 3.94. The molecule has 0 radical (unpaired) electrons. The van der Waals surface area contributed by atoms with Crippen LogP contribution in [0.2, 0.25) is 0 Å². The lowest BCUT2D eigenvalue weighted by molar-refractivity contribution is 0.0973. The summed E-state index contributed by atoms with van der Waals surface area (Å²) in [7, 11) is 3.16. The van der Waals surface area contributed by atoms with E-state index in [1.54, 1.807) is 24.9 Å². The van der Waals surface area contributed by atoms with Gasteiger partial charge in [-0.1, -0.05) is 18.2 Å². The molecule has 0 spiro atoms. The van der Waals surface area contributed by atoms with Gasteiger partial charge < -0.3 is 9.47 Å². The minimum atomic E-state index is -0.0258. The van der Waals surface area contributed by atoms with Crippen molar-refractivity contribution in [2.24, 2.45) is 0 Å². The van der Waals surface area contributed by atoms with Crippen molar-refractivity contribution < 1.29 is 14.3 Å². The third kappa shape index (κ3) is 1.47. The molecule has 1 aromatic heterocycles. The predicted molar refractivity (Wildman–Crippen MR) is 80.2 cm³/mol. The minimum absolute atomic E-state index is 0.0258. The van der Waals surface area contributed by atoms with Crippen molar-refractivity contribution in [2.75, 3.05) is 14.2 Å². The molecule has 0 amide bonds. The molecule has 2 aromatic carbocycles. The average molecular weight is 279 g/mol. The van der Waals surface area contributed by atoms with Crippen LogP contribution >= 0.6 is 0 Å². The summed E-state index contributed by atoms with van der Waals surface area (Å²) >= 11 is 0. The van der Waals surface area contributed by atoms with Gasteiger partial charge in [-0.25, -0.2) is 0 Å². The number of rotatable bonds is 2. The molecule has 4 rings (SSSR count). The molecule has 0 unspecified atom stereocenters. The van der Waals surface area contributed by atoms with E-state index in [1.807, 2.05) is 36.4 Å². The lowest BCUT2D eigenvalue weighted by Crippen LogP contribution is -2.05. The molecule has 2 heterocycles. The van der Waals surface area contributed by atoms with Crippen LogP contribution < -0.4 is 9.47 Å². The highest BCUT2D eigenvalue weighted by Crippen LogP contribution is 2.42. The van der Waals surface area contributed by atoms with Gasteiger partial charge in [0.15, 0.2) is 11.5 Å². The third-order valence-corrected chi connectivity index (χ3v) is 3.94. The van der Waals surface area contributed by atoms with Crippen molar-refractivity contribution in [3.8, 4) is 22.8 Å². The average Bonchev–Trinajstić information content (AvgIpc) is 3.02. The highest BCUT2D eigenvalue weighted by atomic mass is 16.5. The maximum absolute atomic E-state index is 12.7. The molecule has 0 bridgehead atoms. The Balaban J connectivity index is 2.06. The molecule has 3 aromatic rings. The lowest BCUT2D eigenvalue weighted by Gasteiger charge is -2.09. The Morgan fingerprint density at radius 3 is 2.29 bits per heavy atom. The monoisotopic (exact) mass is 279 g/mol. The van der Waals surface area contributed by atoms with Crippen molar-refractivity contribution in [1.82, 2.24) is 4.57 Å². The number of fused-ring (bicyclic) bond motifs is 5. The van der Waals surface area contributed by atoms with E-state index in [0.717, 1.165) is 22.2 Å². The number of ether oxygens (including phenoxy) is 2. The van der Waals surface area contributed by atoms with Crippen LogP contribution in [-0.2, 0) is 0 Å². The number of para-hydroxylation sites is 1. The Morgan fingerprint density at radius 1 is 0.905 bits per heavy atom. The topological polar surface area (TPSA) is 40.5 Å². The first-order valence-corrected chi connectivity index (χ1v) is 6.66. The summed E-state index contributed by atoms with van der Waals surface area (Å²) in [4.78, 5) is 12.7. The molecule has 0 fully saturated rings. The Labute approximate surface area is 121 Å². The van der Waals surface area contributed by atoms with Gasteiger partial charge in [0.25, 0.3) is 5.91 Å². The number of methoxy groups -OCH3 is 2. The Kier molecular flexibility index (Phi) is 2.36. The second kappa shape index (κ2) is 4.12. The first-order chi connectivity index (χ1) is 10.2. The summed E-state index contributed by atoms with van der Waals surface area (Å²) in [5.41, 5.74) is 3.35. The molecule has 0 atom stereocenters. The van der Waals surface area contributed by atoms with Crippen LogP contribution in [0.3, 0.4) is 0 Å². The second-order valence-corrected chi connectivity index (χ2v) is 4.98. The number of carbonyl (C=O) groups is 1. The van der Waals surface area contributed by atoms with Gasteiger partial charge in [0.1, 0.15) is 0 Å². The molecule has 0 N–H and O–H groups in total. The highest BCUT2D eigenvalue weighted by molar-refractivity contribution is 6.15. The zero-order chi connectivity index (χ0) is 14.6. The minimum Gasteiger partial charge on any atom is -0.493 e. The number of aromatic nitrogens is 1. The molecule has 0 aliphatic carbocycles. The van der Waals surface area contributed by atoms with Crippen molar-refractivity contribution >= 4 is 16.8 Å². The summed E-state index contributed by atoms with van der Waals surface area (Å²) in [5.74, 6) is 1.17. The quantitative estimate of drug-likeness (QED) is 0.565.